The van der Waals surface area contributed by atoms with Crippen molar-refractivity contribution in [1.82, 2.24) is 10.2 Å². The van der Waals surface area contributed by atoms with Gasteiger partial charge in [-0.25, -0.2) is 0 Å². The van der Waals surface area contributed by atoms with Gasteiger partial charge in [-0.05, 0) is 18.7 Å². The van der Waals surface area contributed by atoms with Crippen LogP contribution in [0.1, 0.15) is 17.5 Å². The molecule has 0 aromatic heterocycles. The van der Waals surface area contributed by atoms with E-state index in [0.717, 1.165) is 6.07 Å². The third-order valence-electron chi connectivity index (χ3n) is 2.74. The average molecular weight is 311 g/mol. The van der Waals surface area contributed by atoms with Crippen LogP contribution in [0, 0.1) is 0 Å². The number of halogens is 4. The molecule has 0 bridgehead atoms. The van der Waals surface area contributed by atoms with Gasteiger partial charge in [-0.3, -0.25) is 4.79 Å². The summed E-state index contributed by atoms with van der Waals surface area (Å²) in [4.78, 5) is 13.0. The molecule has 0 aliphatic rings. The lowest BCUT2D eigenvalue weighted by molar-refractivity contribution is -0.139. The van der Waals surface area contributed by atoms with Crippen LogP contribution in [0.3, 0.4) is 0 Å². The second-order valence-corrected chi connectivity index (χ2v) is 4.26. The van der Waals surface area contributed by atoms with E-state index in [2.05, 4.69) is 5.32 Å². The fourth-order valence-electron chi connectivity index (χ4n) is 1.70. The largest absolute Gasteiger partial charge is 0.416 e. The highest BCUT2D eigenvalue weighted by Crippen LogP contribution is 2.32. The Balaban J connectivity index is 0.00000361. The summed E-state index contributed by atoms with van der Waals surface area (Å²) in [5.74, 6) is -0.189. The molecule has 0 aliphatic carbocycles. The van der Waals surface area contributed by atoms with E-state index in [4.69, 9.17) is 0 Å². The molecule has 1 aromatic carbocycles. The number of benzene rings is 1. The molecule has 0 heterocycles. The first-order chi connectivity index (χ1) is 8.86. The van der Waals surface area contributed by atoms with Crippen molar-refractivity contribution in [1.29, 1.82) is 0 Å². The Morgan fingerprint density at radius 3 is 2.45 bits per heavy atom. The third-order valence-corrected chi connectivity index (χ3v) is 2.74. The van der Waals surface area contributed by atoms with Gasteiger partial charge in [0.25, 0.3) is 0 Å². The monoisotopic (exact) mass is 310 g/mol. The van der Waals surface area contributed by atoms with Crippen LogP contribution in [0.4, 0.5) is 13.2 Å². The van der Waals surface area contributed by atoms with Crippen molar-refractivity contribution < 1.29 is 18.0 Å². The first-order valence-corrected chi connectivity index (χ1v) is 5.90. The highest BCUT2D eigenvalue weighted by atomic mass is 35.5. The van der Waals surface area contributed by atoms with Crippen LogP contribution in [-0.2, 0) is 17.5 Å². The molecular weight excluding hydrogens is 293 g/mol. The molecule has 0 unspecified atom stereocenters. The Kier molecular flexibility index (Phi) is 7.60. The maximum absolute atomic E-state index is 12.8. The summed E-state index contributed by atoms with van der Waals surface area (Å²) in [6.45, 7) is 0.461. The minimum Gasteiger partial charge on any atom is -0.341 e. The van der Waals surface area contributed by atoms with Gasteiger partial charge in [0, 0.05) is 26.6 Å². The fraction of sp³-hybridized carbons (Fsp3) is 0.462. The van der Waals surface area contributed by atoms with Crippen molar-refractivity contribution >= 4 is 18.3 Å². The number of alkyl halides is 3. The predicted molar refractivity (Wildman–Crippen MR) is 73.7 cm³/mol. The van der Waals surface area contributed by atoms with Gasteiger partial charge in [0.05, 0.1) is 5.56 Å². The standard InChI is InChI=1S/C13H17F3N2O.ClH/c1-17-8-7-12(19)18(2)9-10-5-3-4-6-11(10)13(14,15)16;/h3-6,17H,7-9H2,1-2H3;1H. The number of carbonyl (C=O) groups excluding carboxylic acids is 1. The number of nitrogens with zero attached hydrogens (tertiary/aromatic N) is 1. The quantitative estimate of drug-likeness (QED) is 0.907. The van der Waals surface area contributed by atoms with Crippen molar-refractivity contribution in [2.24, 2.45) is 0 Å². The van der Waals surface area contributed by atoms with E-state index in [1.165, 1.54) is 30.1 Å². The molecule has 1 N–H and O–H groups in total. The van der Waals surface area contributed by atoms with Crippen LogP contribution in [-0.4, -0.2) is 31.4 Å². The first kappa shape index (κ1) is 18.7. The van der Waals surface area contributed by atoms with Gasteiger partial charge < -0.3 is 10.2 Å². The average Bonchev–Trinajstić information content (AvgIpc) is 2.35. The maximum atomic E-state index is 12.8. The minimum atomic E-state index is -4.40. The van der Waals surface area contributed by atoms with Crippen LogP contribution in [0.15, 0.2) is 24.3 Å². The summed E-state index contributed by atoms with van der Waals surface area (Å²) < 4.78 is 38.4. The molecular formula is C13H18ClF3N2O. The third kappa shape index (κ3) is 5.38. The van der Waals surface area contributed by atoms with Crippen molar-refractivity contribution in [3.8, 4) is 0 Å². The number of nitrogens with one attached hydrogen (secondary N) is 1. The van der Waals surface area contributed by atoms with Crippen LogP contribution in [0.25, 0.3) is 0 Å². The Morgan fingerprint density at radius 2 is 1.90 bits per heavy atom. The van der Waals surface area contributed by atoms with E-state index in [-0.39, 0.29) is 36.8 Å². The predicted octanol–water partition coefficient (Wildman–Crippen LogP) is 2.70. The normalized spacial score (nSPS) is 10.8. The molecule has 7 heteroatoms. The van der Waals surface area contributed by atoms with Gasteiger partial charge in [-0.1, -0.05) is 18.2 Å². The SMILES string of the molecule is CNCCC(=O)N(C)Cc1ccccc1C(F)(F)F.Cl. The molecule has 114 valence electrons. The summed E-state index contributed by atoms with van der Waals surface area (Å²) in [7, 11) is 3.22. The molecule has 0 saturated heterocycles. The van der Waals surface area contributed by atoms with E-state index >= 15 is 0 Å². The maximum Gasteiger partial charge on any atom is 0.416 e. The summed E-state index contributed by atoms with van der Waals surface area (Å²) in [6, 6.07) is 5.30. The number of carbonyl (C=O) groups is 1. The zero-order chi connectivity index (χ0) is 14.5. The lowest BCUT2D eigenvalue weighted by Crippen LogP contribution is -2.29. The summed E-state index contributed by atoms with van der Waals surface area (Å²) >= 11 is 0. The van der Waals surface area contributed by atoms with E-state index in [0.29, 0.717) is 6.54 Å². The van der Waals surface area contributed by atoms with Crippen molar-refractivity contribution in [3.63, 3.8) is 0 Å². The van der Waals surface area contributed by atoms with Gasteiger partial charge >= 0.3 is 6.18 Å². The molecule has 0 radical (unpaired) electrons. The van der Waals surface area contributed by atoms with Gasteiger partial charge in [0.15, 0.2) is 0 Å². The highest BCUT2D eigenvalue weighted by molar-refractivity contribution is 5.85. The molecule has 0 spiro atoms. The molecule has 0 saturated carbocycles. The Hall–Kier alpha value is -1.27. The molecule has 0 fully saturated rings. The van der Waals surface area contributed by atoms with E-state index < -0.39 is 11.7 Å². The summed E-state index contributed by atoms with van der Waals surface area (Å²) in [5, 5.41) is 2.83. The molecule has 3 nitrogen and oxygen atoms in total. The second-order valence-electron chi connectivity index (χ2n) is 4.26. The Bertz CT molecular complexity index is 438. The Morgan fingerprint density at radius 1 is 1.30 bits per heavy atom. The van der Waals surface area contributed by atoms with Crippen LogP contribution < -0.4 is 5.32 Å². The van der Waals surface area contributed by atoms with Crippen LogP contribution in [0.2, 0.25) is 0 Å². The number of hydrogen-bond donors (Lipinski definition) is 1. The van der Waals surface area contributed by atoms with Crippen LogP contribution >= 0.6 is 12.4 Å². The molecule has 0 aliphatic heterocycles. The molecule has 0 atom stereocenters. The van der Waals surface area contributed by atoms with E-state index in [9.17, 15) is 18.0 Å². The van der Waals surface area contributed by atoms with Crippen molar-refractivity contribution in [2.75, 3.05) is 20.6 Å². The summed E-state index contributed by atoms with van der Waals surface area (Å²) in [6.07, 6.45) is -4.13. The molecule has 1 aromatic rings. The summed E-state index contributed by atoms with van der Waals surface area (Å²) in [5.41, 5.74) is -0.585. The van der Waals surface area contributed by atoms with E-state index in [1.54, 1.807) is 7.05 Å². The zero-order valence-corrected chi connectivity index (χ0v) is 12.1. The molecule has 1 amide bonds. The fourth-order valence-corrected chi connectivity index (χ4v) is 1.70. The molecule has 20 heavy (non-hydrogen) atoms. The number of hydrogen-bond acceptors (Lipinski definition) is 2. The van der Waals surface area contributed by atoms with Gasteiger partial charge in [0.1, 0.15) is 0 Å². The van der Waals surface area contributed by atoms with Crippen molar-refractivity contribution in [2.45, 2.75) is 19.1 Å². The number of amides is 1. The number of rotatable bonds is 5. The Labute approximate surface area is 122 Å². The first-order valence-electron chi connectivity index (χ1n) is 5.90. The topological polar surface area (TPSA) is 32.3 Å². The smallest absolute Gasteiger partial charge is 0.341 e. The van der Waals surface area contributed by atoms with Crippen LogP contribution in [0.5, 0.6) is 0 Å². The lowest BCUT2D eigenvalue weighted by atomic mass is 10.1. The zero-order valence-electron chi connectivity index (χ0n) is 11.3. The highest BCUT2D eigenvalue weighted by Gasteiger charge is 2.33. The molecule has 1 rings (SSSR count). The van der Waals surface area contributed by atoms with Gasteiger partial charge in [0.2, 0.25) is 5.91 Å². The lowest BCUT2D eigenvalue weighted by Gasteiger charge is -2.20. The minimum absolute atomic E-state index is 0. The van der Waals surface area contributed by atoms with Gasteiger partial charge in [-0.2, -0.15) is 13.2 Å². The van der Waals surface area contributed by atoms with E-state index in [1.807, 2.05) is 0 Å². The van der Waals surface area contributed by atoms with Crippen molar-refractivity contribution in [3.05, 3.63) is 35.4 Å². The second kappa shape index (κ2) is 8.11. The van der Waals surface area contributed by atoms with Gasteiger partial charge in [-0.15, -0.1) is 12.4 Å².